The third-order valence-corrected chi connectivity index (χ3v) is 5.00. The van der Waals surface area contributed by atoms with Gasteiger partial charge in [-0.3, -0.25) is 14.1 Å². The van der Waals surface area contributed by atoms with Gasteiger partial charge >= 0.3 is 0 Å². The lowest BCUT2D eigenvalue weighted by molar-refractivity contribution is 0.0946. The third-order valence-electron chi connectivity index (χ3n) is 3.34. The van der Waals surface area contributed by atoms with Crippen molar-refractivity contribution in [3.8, 4) is 0 Å². The first kappa shape index (κ1) is 17.6. The fourth-order valence-corrected chi connectivity index (χ4v) is 3.57. The Balaban J connectivity index is 2.18. The molecule has 1 aromatic heterocycles. The van der Waals surface area contributed by atoms with Crippen LogP contribution in [-0.4, -0.2) is 30.6 Å². The SMILES string of the molecule is CC[S@@](=O)c1ccccc1C(=O)NCc1n[nH]c(=S)n1C(C)C. The molecule has 0 radical (unpaired) electrons. The van der Waals surface area contributed by atoms with Crippen molar-refractivity contribution >= 4 is 28.9 Å². The molecule has 2 N–H and O–H groups in total. The van der Waals surface area contributed by atoms with Gasteiger partial charge in [0.25, 0.3) is 5.91 Å². The summed E-state index contributed by atoms with van der Waals surface area (Å²) in [4.78, 5) is 13.0. The molecular formula is C15H20N4O2S2. The Hall–Kier alpha value is -1.80. The van der Waals surface area contributed by atoms with Crippen molar-refractivity contribution < 1.29 is 9.00 Å². The van der Waals surface area contributed by atoms with Gasteiger partial charge in [0.05, 0.1) is 27.8 Å². The predicted molar refractivity (Wildman–Crippen MR) is 92.4 cm³/mol. The smallest absolute Gasteiger partial charge is 0.252 e. The molecular weight excluding hydrogens is 332 g/mol. The van der Waals surface area contributed by atoms with Crippen LogP contribution in [0.1, 0.15) is 43.0 Å². The van der Waals surface area contributed by atoms with Crippen LogP contribution < -0.4 is 5.32 Å². The van der Waals surface area contributed by atoms with Crippen molar-refractivity contribution in [1.82, 2.24) is 20.1 Å². The number of carbonyl (C=O) groups is 1. The van der Waals surface area contributed by atoms with E-state index in [4.69, 9.17) is 12.2 Å². The van der Waals surface area contributed by atoms with Crippen molar-refractivity contribution in [2.24, 2.45) is 0 Å². The number of hydrogen-bond acceptors (Lipinski definition) is 4. The molecule has 0 aliphatic heterocycles. The summed E-state index contributed by atoms with van der Waals surface area (Å²) in [7, 11) is -1.18. The molecule has 6 nitrogen and oxygen atoms in total. The Morgan fingerprint density at radius 2 is 2.13 bits per heavy atom. The van der Waals surface area contributed by atoms with E-state index in [9.17, 15) is 9.00 Å². The van der Waals surface area contributed by atoms with E-state index in [1.165, 1.54) is 0 Å². The maximum Gasteiger partial charge on any atom is 0.252 e. The second-order valence-electron chi connectivity index (χ2n) is 5.22. The summed E-state index contributed by atoms with van der Waals surface area (Å²) >= 11 is 5.19. The number of aromatic nitrogens is 3. The highest BCUT2D eigenvalue weighted by molar-refractivity contribution is 7.85. The van der Waals surface area contributed by atoms with E-state index in [-0.39, 0.29) is 18.5 Å². The molecule has 8 heteroatoms. The zero-order valence-electron chi connectivity index (χ0n) is 13.3. The minimum Gasteiger partial charge on any atom is -0.345 e. The Labute approximate surface area is 142 Å². The van der Waals surface area contributed by atoms with Gasteiger partial charge in [0.1, 0.15) is 0 Å². The normalized spacial score (nSPS) is 12.3. The minimum atomic E-state index is -1.18. The molecule has 0 spiro atoms. The summed E-state index contributed by atoms with van der Waals surface area (Å²) in [5, 5.41) is 9.70. The molecule has 0 unspecified atom stereocenters. The lowest BCUT2D eigenvalue weighted by Gasteiger charge is -2.12. The van der Waals surface area contributed by atoms with Gasteiger partial charge < -0.3 is 9.88 Å². The van der Waals surface area contributed by atoms with Crippen LogP contribution in [-0.2, 0) is 17.3 Å². The van der Waals surface area contributed by atoms with Crippen molar-refractivity contribution in [1.29, 1.82) is 0 Å². The van der Waals surface area contributed by atoms with Crippen LogP contribution in [0.25, 0.3) is 0 Å². The summed E-state index contributed by atoms with van der Waals surface area (Å²) in [5.41, 5.74) is 0.429. The number of nitrogens with one attached hydrogen (secondary N) is 2. The summed E-state index contributed by atoms with van der Waals surface area (Å²) in [6.45, 7) is 6.06. The van der Waals surface area contributed by atoms with E-state index in [0.29, 0.717) is 26.8 Å². The van der Waals surface area contributed by atoms with Crippen LogP contribution in [0.2, 0.25) is 0 Å². The van der Waals surface area contributed by atoms with Crippen LogP contribution in [0.4, 0.5) is 0 Å². The first-order valence-corrected chi connectivity index (χ1v) is 9.09. The lowest BCUT2D eigenvalue weighted by Crippen LogP contribution is -2.26. The zero-order chi connectivity index (χ0) is 17.0. The Kier molecular flexibility index (Phi) is 5.84. The molecule has 2 aromatic rings. The number of amides is 1. The average molecular weight is 352 g/mol. The largest absolute Gasteiger partial charge is 0.345 e. The molecule has 23 heavy (non-hydrogen) atoms. The quantitative estimate of drug-likeness (QED) is 0.783. The number of aromatic amines is 1. The predicted octanol–water partition coefficient (Wildman–Crippen LogP) is 2.58. The topological polar surface area (TPSA) is 79.8 Å². The zero-order valence-corrected chi connectivity index (χ0v) is 15.0. The molecule has 124 valence electrons. The molecule has 1 aromatic carbocycles. The summed E-state index contributed by atoms with van der Waals surface area (Å²) in [6.07, 6.45) is 0. The maximum atomic E-state index is 12.4. The highest BCUT2D eigenvalue weighted by Crippen LogP contribution is 2.14. The second-order valence-corrected chi connectivity index (χ2v) is 7.32. The van der Waals surface area contributed by atoms with Gasteiger partial charge in [-0.25, -0.2) is 0 Å². The van der Waals surface area contributed by atoms with E-state index < -0.39 is 10.8 Å². The molecule has 1 heterocycles. The van der Waals surface area contributed by atoms with Crippen LogP contribution in [0.15, 0.2) is 29.2 Å². The van der Waals surface area contributed by atoms with Gasteiger partial charge in [-0.15, -0.1) is 0 Å². The Morgan fingerprint density at radius 3 is 2.78 bits per heavy atom. The van der Waals surface area contributed by atoms with Gasteiger partial charge in [0, 0.05) is 11.8 Å². The standard InChI is InChI=1S/C15H20N4O2S2/c1-4-23(21)12-8-6-5-7-11(12)14(20)16-9-13-17-18-15(22)19(13)10(2)3/h5-8,10H,4,9H2,1-3H3,(H,16,20)(H,18,22)/t23-/m1/s1. The van der Waals surface area contributed by atoms with E-state index in [1.54, 1.807) is 24.3 Å². The number of rotatable bonds is 6. The van der Waals surface area contributed by atoms with Crippen LogP contribution in [0.5, 0.6) is 0 Å². The number of carbonyl (C=O) groups excluding carboxylic acids is 1. The summed E-state index contributed by atoms with van der Waals surface area (Å²) in [5.74, 6) is 0.857. The van der Waals surface area contributed by atoms with Crippen LogP contribution in [0.3, 0.4) is 0 Å². The van der Waals surface area contributed by atoms with Crippen molar-refractivity contribution in [3.05, 3.63) is 40.4 Å². The van der Waals surface area contributed by atoms with E-state index >= 15 is 0 Å². The minimum absolute atomic E-state index is 0.146. The van der Waals surface area contributed by atoms with Crippen molar-refractivity contribution in [2.75, 3.05) is 5.75 Å². The van der Waals surface area contributed by atoms with Gasteiger partial charge in [0.2, 0.25) is 0 Å². The van der Waals surface area contributed by atoms with E-state index in [0.717, 1.165) is 0 Å². The van der Waals surface area contributed by atoms with Crippen LogP contribution >= 0.6 is 12.2 Å². The number of benzene rings is 1. The Morgan fingerprint density at radius 1 is 1.43 bits per heavy atom. The third kappa shape index (κ3) is 3.94. The van der Waals surface area contributed by atoms with E-state index in [1.807, 2.05) is 25.3 Å². The molecule has 0 aliphatic carbocycles. The van der Waals surface area contributed by atoms with Crippen LogP contribution in [0, 0.1) is 4.77 Å². The van der Waals surface area contributed by atoms with E-state index in [2.05, 4.69) is 15.5 Å². The second kappa shape index (κ2) is 7.65. The first-order chi connectivity index (χ1) is 11.0. The van der Waals surface area contributed by atoms with Crippen molar-refractivity contribution in [2.45, 2.75) is 38.3 Å². The van der Waals surface area contributed by atoms with Gasteiger partial charge in [-0.05, 0) is 38.2 Å². The fourth-order valence-electron chi connectivity index (χ4n) is 2.26. The molecule has 0 bridgehead atoms. The number of nitrogens with zero attached hydrogens (tertiary/aromatic N) is 2. The summed E-state index contributed by atoms with van der Waals surface area (Å²) in [6, 6.07) is 7.09. The number of hydrogen-bond donors (Lipinski definition) is 2. The number of H-pyrrole nitrogens is 1. The van der Waals surface area contributed by atoms with Gasteiger partial charge in [0.15, 0.2) is 10.6 Å². The molecule has 0 aliphatic rings. The highest BCUT2D eigenvalue weighted by Gasteiger charge is 2.16. The lowest BCUT2D eigenvalue weighted by atomic mass is 10.2. The molecule has 0 fully saturated rings. The van der Waals surface area contributed by atoms with Gasteiger partial charge in [-0.2, -0.15) is 5.10 Å². The highest BCUT2D eigenvalue weighted by atomic mass is 32.2. The average Bonchev–Trinajstić information content (AvgIpc) is 2.92. The maximum absolute atomic E-state index is 12.4. The first-order valence-electron chi connectivity index (χ1n) is 7.37. The van der Waals surface area contributed by atoms with Gasteiger partial charge in [-0.1, -0.05) is 19.1 Å². The molecule has 1 amide bonds. The fraction of sp³-hybridized carbons (Fsp3) is 0.400. The monoisotopic (exact) mass is 352 g/mol. The molecule has 0 saturated heterocycles. The molecule has 2 rings (SSSR count). The summed E-state index contributed by atoms with van der Waals surface area (Å²) < 4.78 is 14.4. The molecule has 0 saturated carbocycles. The Bertz CT molecular complexity index is 780. The molecule has 1 atom stereocenters. The van der Waals surface area contributed by atoms with Crippen molar-refractivity contribution in [3.63, 3.8) is 0 Å².